The van der Waals surface area contributed by atoms with Crippen LogP contribution in [0.4, 0.5) is 4.39 Å². The number of ether oxygens (including phenoxy) is 2. The molecule has 182 valence electrons. The molecule has 35 heavy (non-hydrogen) atoms. The molecule has 0 spiro atoms. The zero-order chi connectivity index (χ0) is 25.3. The molecule has 0 radical (unpaired) electrons. The van der Waals surface area contributed by atoms with Crippen molar-refractivity contribution in [2.24, 2.45) is 14.1 Å². The van der Waals surface area contributed by atoms with Crippen LogP contribution in [-0.4, -0.2) is 44.4 Å². The molecule has 0 fully saturated rings. The first-order chi connectivity index (χ1) is 16.7. The molecule has 0 N–H and O–H groups in total. The van der Waals surface area contributed by atoms with E-state index in [1.165, 1.54) is 45.0 Å². The number of carbonyl (C=O) groups is 1. The molecule has 0 aliphatic heterocycles. The van der Waals surface area contributed by atoms with Crippen LogP contribution in [0.3, 0.4) is 0 Å². The number of aryl methyl sites for hydroxylation is 1. The Morgan fingerprint density at radius 1 is 1.03 bits per heavy atom. The Labute approximate surface area is 203 Å². The number of hydrogen-bond acceptors (Lipinski definition) is 7. The van der Waals surface area contributed by atoms with Crippen LogP contribution in [-0.2, 0) is 20.6 Å². The van der Waals surface area contributed by atoms with Crippen LogP contribution in [0.2, 0.25) is 0 Å². The molecule has 0 unspecified atom stereocenters. The molecule has 11 heteroatoms. The Bertz CT molecular complexity index is 1540. The highest BCUT2D eigenvalue weighted by molar-refractivity contribution is 7.99. The summed E-state index contributed by atoms with van der Waals surface area (Å²) in [5.74, 6) is 0.307. The minimum absolute atomic E-state index is 0.00940. The van der Waals surface area contributed by atoms with Crippen molar-refractivity contribution >= 4 is 28.7 Å². The van der Waals surface area contributed by atoms with Crippen molar-refractivity contribution in [1.82, 2.24) is 18.7 Å². The average molecular weight is 499 g/mol. The minimum Gasteiger partial charge on any atom is -0.497 e. The molecule has 0 saturated carbocycles. The molecule has 0 saturated heterocycles. The van der Waals surface area contributed by atoms with Crippen molar-refractivity contribution in [3.8, 4) is 11.5 Å². The van der Waals surface area contributed by atoms with Crippen LogP contribution in [0.5, 0.6) is 11.5 Å². The first-order valence-corrected chi connectivity index (χ1v) is 11.5. The van der Waals surface area contributed by atoms with E-state index in [0.29, 0.717) is 22.2 Å². The number of Topliss-reactive ketones (excluding diaryl/α,β-unsaturated/α-hetero) is 1. The minimum atomic E-state index is -0.511. The molecular weight excluding hydrogens is 475 g/mol. The standard InChI is InChI=1S/C24H23FN4O5S/c1-27-21-20(22(31)28(2)24(27)32)29(12-14-5-7-15(25)8-6-14)23(26-21)35-13-18(30)17-11-16(33-3)9-10-19(17)34-4/h5-11H,12-13H2,1-4H3. The largest absolute Gasteiger partial charge is 0.497 e. The van der Waals surface area contributed by atoms with Crippen LogP contribution in [0, 0.1) is 5.82 Å². The molecule has 4 rings (SSSR count). The number of rotatable bonds is 8. The molecule has 2 heterocycles. The van der Waals surface area contributed by atoms with Crippen LogP contribution in [0.1, 0.15) is 15.9 Å². The number of benzene rings is 2. The Morgan fingerprint density at radius 3 is 2.40 bits per heavy atom. The molecule has 9 nitrogen and oxygen atoms in total. The molecule has 0 atom stereocenters. The van der Waals surface area contributed by atoms with Gasteiger partial charge in [0, 0.05) is 14.1 Å². The van der Waals surface area contributed by atoms with Crippen molar-refractivity contribution < 1.29 is 18.7 Å². The van der Waals surface area contributed by atoms with Gasteiger partial charge in [0.25, 0.3) is 5.56 Å². The van der Waals surface area contributed by atoms with Gasteiger partial charge in [-0.2, -0.15) is 0 Å². The van der Waals surface area contributed by atoms with E-state index in [1.54, 1.807) is 34.9 Å². The first-order valence-electron chi connectivity index (χ1n) is 10.5. The van der Waals surface area contributed by atoms with E-state index < -0.39 is 11.2 Å². The smallest absolute Gasteiger partial charge is 0.332 e. The quantitative estimate of drug-likeness (QED) is 0.272. The predicted molar refractivity (Wildman–Crippen MR) is 130 cm³/mol. The van der Waals surface area contributed by atoms with Gasteiger partial charge in [0.2, 0.25) is 0 Å². The third kappa shape index (κ3) is 4.59. The van der Waals surface area contributed by atoms with Crippen molar-refractivity contribution in [1.29, 1.82) is 0 Å². The van der Waals surface area contributed by atoms with Crippen molar-refractivity contribution in [2.45, 2.75) is 11.7 Å². The highest BCUT2D eigenvalue weighted by atomic mass is 32.2. The van der Waals surface area contributed by atoms with Gasteiger partial charge in [-0.1, -0.05) is 23.9 Å². The van der Waals surface area contributed by atoms with Gasteiger partial charge in [0.1, 0.15) is 17.3 Å². The Balaban J connectivity index is 1.77. The maximum atomic E-state index is 13.4. The second kappa shape index (κ2) is 9.79. The Hall–Kier alpha value is -3.86. The summed E-state index contributed by atoms with van der Waals surface area (Å²) in [5.41, 5.74) is 0.475. The number of halogens is 1. The van der Waals surface area contributed by atoms with Gasteiger partial charge in [-0.3, -0.25) is 18.7 Å². The first kappa shape index (κ1) is 24.3. The fourth-order valence-electron chi connectivity index (χ4n) is 3.70. The maximum absolute atomic E-state index is 13.4. The van der Waals surface area contributed by atoms with E-state index in [0.717, 1.165) is 21.9 Å². The fraction of sp³-hybridized carbons (Fsp3) is 0.250. The summed E-state index contributed by atoms with van der Waals surface area (Å²) in [5, 5.41) is 0.373. The number of imidazole rings is 1. The number of methoxy groups -OCH3 is 2. The molecule has 2 aromatic carbocycles. The SMILES string of the molecule is COc1ccc(OC)c(C(=O)CSc2nc3c(c(=O)n(C)c(=O)n3C)n2Cc2ccc(F)cc2)c1. The lowest BCUT2D eigenvalue weighted by molar-refractivity contribution is 0.101. The zero-order valence-electron chi connectivity index (χ0n) is 19.6. The topological polar surface area (TPSA) is 97.4 Å². The normalized spacial score (nSPS) is 11.1. The Kier molecular flexibility index (Phi) is 6.79. The van der Waals surface area contributed by atoms with Gasteiger partial charge in [-0.05, 0) is 35.9 Å². The Morgan fingerprint density at radius 2 is 1.74 bits per heavy atom. The zero-order valence-corrected chi connectivity index (χ0v) is 20.4. The monoisotopic (exact) mass is 498 g/mol. The summed E-state index contributed by atoms with van der Waals surface area (Å²) >= 11 is 1.13. The molecule has 0 bridgehead atoms. The molecule has 0 aliphatic rings. The van der Waals surface area contributed by atoms with Crippen molar-refractivity contribution in [3.05, 3.63) is 80.2 Å². The van der Waals surface area contributed by atoms with Gasteiger partial charge in [-0.15, -0.1) is 0 Å². The highest BCUT2D eigenvalue weighted by Crippen LogP contribution is 2.28. The third-order valence-electron chi connectivity index (χ3n) is 5.61. The number of ketones is 1. The van der Waals surface area contributed by atoms with E-state index in [2.05, 4.69) is 4.98 Å². The van der Waals surface area contributed by atoms with Crippen molar-refractivity contribution in [3.63, 3.8) is 0 Å². The number of fused-ring (bicyclic) bond motifs is 1. The third-order valence-corrected chi connectivity index (χ3v) is 6.58. The molecular formula is C24H23FN4O5S. The van der Waals surface area contributed by atoms with Gasteiger partial charge < -0.3 is 14.0 Å². The van der Waals surface area contributed by atoms with Gasteiger partial charge >= 0.3 is 5.69 Å². The van der Waals surface area contributed by atoms with E-state index >= 15 is 0 Å². The van der Waals surface area contributed by atoms with Crippen LogP contribution < -0.4 is 20.7 Å². The summed E-state index contributed by atoms with van der Waals surface area (Å²) < 4.78 is 27.9. The fourth-order valence-corrected chi connectivity index (χ4v) is 4.57. The van der Waals surface area contributed by atoms with Gasteiger partial charge in [0.15, 0.2) is 22.1 Å². The van der Waals surface area contributed by atoms with E-state index in [4.69, 9.17) is 9.47 Å². The molecule has 0 amide bonds. The lowest BCUT2D eigenvalue weighted by Gasteiger charge is -2.11. The second-order valence-corrected chi connectivity index (χ2v) is 8.71. The lowest BCUT2D eigenvalue weighted by atomic mass is 10.1. The summed E-state index contributed by atoms with van der Waals surface area (Å²) in [4.78, 5) is 43.1. The highest BCUT2D eigenvalue weighted by Gasteiger charge is 2.22. The van der Waals surface area contributed by atoms with Gasteiger partial charge in [-0.25, -0.2) is 14.2 Å². The maximum Gasteiger partial charge on any atom is 0.332 e. The summed E-state index contributed by atoms with van der Waals surface area (Å²) in [6.45, 7) is 0.198. The van der Waals surface area contributed by atoms with Crippen LogP contribution in [0.15, 0.2) is 57.2 Å². The molecule has 2 aromatic heterocycles. The second-order valence-electron chi connectivity index (χ2n) is 7.76. The summed E-state index contributed by atoms with van der Waals surface area (Å²) in [7, 11) is 5.91. The number of thioether (sulfide) groups is 1. The summed E-state index contributed by atoms with van der Waals surface area (Å²) in [6, 6.07) is 10.8. The summed E-state index contributed by atoms with van der Waals surface area (Å²) in [6.07, 6.45) is 0. The lowest BCUT2D eigenvalue weighted by Crippen LogP contribution is -2.37. The number of nitrogens with zero attached hydrogens (tertiary/aromatic N) is 4. The number of carbonyl (C=O) groups excluding carboxylic acids is 1. The molecule has 0 aliphatic carbocycles. The van der Waals surface area contributed by atoms with E-state index in [9.17, 15) is 18.8 Å². The van der Waals surface area contributed by atoms with Crippen LogP contribution in [0.25, 0.3) is 11.2 Å². The predicted octanol–water partition coefficient (Wildman–Crippen LogP) is 2.61. The number of aromatic nitrogens is 4. The van der Waals surface area contributed by atoms with Gasteiger partial charge in [0.05, 0.1) is 32.1 Å². The van der Waals surface area contributed by atoms with Crippen LogP contribution >= 0.6 is 11.8 Å². The van der Waals surface area contributed by atoms with Crippen molar-refractivity contribution in [2.75, 3.05) is 20.0 Å². The average Bonchev–Trinajstić information content (AvgIpc) is 3.23. The van der Waals surface area contributed by atoms with E-state index in [-0.39, 0.29) is 35.1 Å². The molecule has 4 aromatic rings. The van der Waals surface area contributed by atoms with E-state index in [1.807, 2.05) is 0 Å². The number of hydrogen-bond donors (Lipinski definition) is 0.